The molecule has 0 aliphatic heterocycles. The molecule has 0 heterocycles. The number of rotatable bonds is 3. The molecule has 0 aliphatic carbocycles. The van der Waals surface area contributed by atoms with Crippen LogP contribution in [0.5, 0.6) is 0 Å². The monoisotopic (exact) mass is 497 g/mol. The fourth-order valence-corrected chi connectivity index (χ4v) is 3.37. The Hall–Kier alpha value is 0.0200. The van der Waals surface area contributed by atoms with E-state index >= 15 is 0 Å². The molecule has 2 aromatic carbocycles. The molecule has 2 rings (SSSR count). The van der Waals surface area contributed by atoms with Crippen LogP contribution in [0.25, 0.3) is 0 Å². The van der Waals surface area contributed by atoms with Crippen LogP contribution in [0.1, 0.15) is 17.2 Å². The highest BCUT2D eigenvalue weighted by molar-refractivity contribution is 14.1. The van der Waals surface area contributed by atoms with Gasteiger partial charge in [-0.25, -0.2) is 4.39 Å². The van der Waals surface area contributed by atoms with Crippen LogP contribution in [-0.2, 0) is 6.42 Å². The third-order valence-corrected chi connectivity index (χ3v) is 4.77. The Morgan fingerprint density at radius 1 is 1.11 bits per heavy atom. The van der Waals surface area contributed by atoms with E-state index in [0.717, 1.165) is 18.1 Å². The normalized spacial score (nSPS) is 12.5. The first kappa shape index (κ1) is 15.4. The van der Waals surface area contributed by atoms with Gasteiger partial charge in [0.15, 0.2) is 0 Å². The molecule has 0 saturated heterocycles. The molecule has 1 atom stereocenters. The maximum atomic E-state index is 13.7. The Kier molecular flexibility index (Phi) is 5.39. The molecule has 0 radical (unpaired) electrons. The summed E-state index contributed by atoms with van der Waals surface area (Å²) in [5.41, 5.74) is 7.85. The first-order valence-electron chi connectivity index (χ1n) is 5.62. The highest BCUT2D eigenvalue weighted by Crippen LogP contribution is 2.26. The van der Waals surface area contributed by atoms with Crippen LogP contribution >= 0.6 is 54.5 Å². The third kappa shape index (κ3) is 4.00. The second-order valence-corrected chi connectivity index (χ2v) is 7.21. The molecular weight excluding hydrogens is 488 g/mol. The fourth-order valence-electron chi connectivity index (χ4n) is 1.85. The van der Waals surface area contributed by atoms with Crippen molar-refractivity contribution in [3.05, 3.63) is 65.9 Å². The minimum atomic E-state index is -0.229. The van der Waals surface area contributed by atoms with Crippen LogP contribution in [-0.4, -0.2) is 0 Å². The van der Waals surface area contributed by atoms with Crippen molar-refractivity contribution in [1.29, 1.82) is 0 Å². The Labute approximate surface area is 142 Å². The van der Waals surface area contributed by atoms with Crippen LogP contribution in [0.15, 0.2) is 45.3 Å². The lowest BCUT2D eigenvalue weighted by Gasteiger charge is -2.15. The molecule has 19 heavy (non-hydrogen) atoms. The molecule has 100 valence electrons. The van der Waals surface area contributed by atoms with Gasteiger partial charge in [0.1, 0.15) is 5.82 Å². The summed E-state index contributed by atoms with van der Waals surface area (Å²) in [6, 6.07) is 10.6. The van der Waals surface area contributed by atoms with Gasteiger partial charge < -0.3 is 5.73 Å². The molecule has 0 amide bonds. The van der Waals surface area contributed by atoms with E-state index in [9.17, 15) is 4.39 Å². The maximum Gasteiger partial charge on any atom is 0.126 e. The zero-order valence-electron chi connectivity index (χ0n) is 9.84. The number of halogens is 4. The number of hydrogen-bond donors (Lipinski definition) is 1. The van der Waals surface area contributed by atoms with Crippen molar-refractivity contribution in [3.8, 4) is 0 Å². The van der Waals surface area contributed by atoms with Crippen LogP contribution in [0.4, 0.5) is 4.39 Å². The van der Waals surface area contributed by atoms with Gasteiger partial charge in [0, 0.05) is 18.6 Å². The quantitative estimate of drug-likeness (QED) is 0.579. The van der Waals surface area contributed by atoms with Crippen molar-refractivity contribution >= 4 is 54.5 Å². The van der Waals surface area contributed by atoms with Gasteiger partial charge in [0.2, 0.25) is 0 Å². The summed E-state index contributed by atoms with van der Waals surface area (Å²) in [7, 11) is 0. The highest BCUT2D eigenvalue weighted by Gasteiger charge is 2.14. The molecule has 2 N–H and O–H groups in total. The fraction of sp³-hybridized carbons (Fsp3) is 0.143. The minimum Gasteiger partial charge on any atom is -0.324 e. The molecule has 0 fully saturated rings. The van der Waals surface area contributed by atoms with E-state index in [-0.39, 0.29) is 11.9 Å². The minimum absolute atomic E-state index is 0.219. The summed E-state index contributed by atoms with van der Waals surface area (Å²) in [6.07, 6.45) is 0.470. The Balaban J connectivity index is 2.27. The molecule has 5 heteroatoms. The van der Waals surface area contributed by atoms with E-state index in [1.165, 1.54) is 6.07 Å². The number of nitrogens with two attached hydrogens (primary N) is 1. The highest BCUT2D eigenvalue weighted by atomic mass is 127. The second kappa shape index (κ2) is 6.65. The first-order valence-corrected chi connectivity index (χ1v) is 8.28. The zero-order chi connectivity index (χ0) is 14.0. The average Bonchev–Trinajstić information content (AvgIpc) is 2.36. The second-order valence-electron chi connectivity index (χ2n) is 4.21. The predicted octanol–water partition coefficient (Wildman–Crippen LogP) is 5.20. The third-order valence-electron chi connectivity index (χ3n) is 2.81. The van der Waals surface area contributed by atoms with Gasteiger partial charge in [-0.15, -0.1) is 0 Å². The van der Waals surface area contributed by atoms with Crippen molar-refractivity contribution in [3.63, 3.8) is 0 Å². The number of benzene rings is 2. The van der Waals surface area contributed by atoms with Gasteiger partial charge in [0.05, 0.1) is 0 Å². The first-order chi connectivity index (χ1) is 8.97. The van der Waals surface area contributed by atoms with E-state index in [4.69, 9.17) is 5.73 Å². The van der Waals surface area contributed by atoms with Crippen LogP contribution < -0.4 is 5.73 Å². The van der Waals surface area contributed by atoms with E-state index in [1.807, 2.05) is 18.2 Å². The summed E-state index contributed by atoms with van der Waals surface area (Å²) in [5, 5.41) is 0. The molecule has 0 saturated carbocycles. The zero-order valence-corrected chi connectivity index (χ0v) is 15.2. The van der Waals surface area contributed by atoms with Gasteiger partial charge in [-0.3, -0.25) is 0 Å². The van der Waals surface area contributed by atoms with Crippen LogP contribution in [0, 0.1) is 9.39 Å². The van der Waals surface area contributed by atoms with Crippen molar-refractivity contribution in [1.82, 2.24) is 0 Å². The Bertz CT molecular complexity index is 604. The Morgan fingerprint density at radius 3 is 2.47 bits per heavy atom. The van der Waals surface area contributed by atoms with Crippen molar-refractivity contribution in [2.24, 2.45) is 5.73 Å². The summed E-state index contributed by atoms with van der Waals surface area (Å²) >= 11 is 9.03. The summed E-state index contributed by atoms with van der Waals surface area (Å²) in [6.45, 7) is 0. The lowest BCUT2D eigenvalue weighted by molar-refractivity contribution is 0.592. The van der Waals surface area contributed by atoms with Gasteiger partial charge in [-0.05, 0) is 76.5 Å². The largest absolute Gasteiger partial charge is 0.324 e. The standard InChI is InChI=1S/C14H11Br2FIN/c15-9-1-3-12(17)8(5-9)6-14(19)11-7-10(16)2-4-13(11)18/h1-5,7,14H,6,19H2. The molecule has 1 unspecified atom stereocenters. The lowest BCUT2D eigenvalue weighted by Crippen LogP contribution is -2.15. The van der Waals surface area contributed by atoms with E-state index in [2.05, 4.69) is 54.5 Å². The summed E-state index contributed by atoms with van der Waals surface area (Å²) in [4.78, 5) is 0. The summed E-state index contributed by atoms with van der Waals surface area (Å²) in [5.74, 6) is -0.219. The molecule has 0 aliphatic rings. The lowest BCUT2D eigenvalue weighted by atomic mass is 9.99. The maximum absolute atomic E-state index is 13.7. The predicted molar refractivity (Wildman–Crippen MR) is 91.6 cm³/mol. The van der Waals surface area contributed by atoms with Crippen LogP contribution in [0.2, 0.25) is 0 Å². The van der Waals surface area contributed by atoms with Crippen molar-refractivity contribution in [2.45, 2.75) is 12.5 Å². The van der Waals surface area contributed by atoms with E-state index in [1.54, 1.807) is 12.1 Å². The van der Waals surface area contributed by atoms with Gasteiger partial charge in [-0.2, -0.15) is 0 Å². The Morgan fingerprint density at radius 2 is 1.74 bits per heavy atom. The average molecular weight is 499 g/mol. The van der Waals surface area contributed by atoms with E-state index < -0.39 is 0 Å². The molecule has 0 spiro atoms. The topological polar surface area (TPSA) is 26.0 Å². The van der Waals surface area contributed by atoms with Gasteiger partial charge >= 0.3 is 0 Å². The SMILES string of the molecule is NC(Cc1cc(Br)ccc1F)c1cc(Br)ccc1I. The molecular formula is C14H11Br2FIN. The molecule has 0 aromatic heterocycles. The van der Waals surface area contributed by atoms with Crippen molar-refractivity contribution in [2.75, 3.05) is 0 Å². The van der Waals surface area contributed by atoms with E-state index in [0.29, 0.717) is 12.0 Å². The smallest absolute Gasteiger partial charge is 0.126 e. The van der Waals surface area contributed by atoms with Gasteiger partial charge in [-0.1, -0.05) is 31.9 Å². The molecule has 1 nitrogen and oxygen atoms in total. The number of hydrogen-bond acceptors (Lipinski definition) is 1. The van der Waals surface area contributed by atoms with Crippen molar-refractivity contribution < 1.29 is 4.39 Å². The summed E-state index contributed by atoms with van der Waals surface area (Å²) < 4.78 is 16.7. The molecule has 2 aromatic rings. The molecule has 0 bridgehead atoms. The van der Waals surface area contributed by atoms with Gasteiger partial charge in [0.25, 0.3) is 0 Å². The van der Waals surface area contributed by atoms with Crippen LogP contribution in [0.3, 0.4) is 0 Å².